The van der Waals surface area contributed by atoms with E-state index in [0.717, 1.165) is 0 Å². The van der Waals surface area contributed by atoms with E-state index in [1.807, 2.05) is 13.8 Å². The van der Waals surface area contributed by atoms with E-state index in [1.165, 1.54) is 12.1 Å². The van der Waals surface area contributed by atoms with Crippen LogP contribution in [0.15, 0.2) is 17.0 Å². The minimum Gasteiger partial charge on any atom is -0.211 e. The van der Waals surface area contributed by atoms with Crippen LogP contribution < -0.4 is 4.72 Å². The molecule has 1 aromatic carbocycles. The number of hydrogen-bond donors (Lipinski definition) is 1. The Morgan fingerprint density at radius 3 is 2.29 bits per heavy atom. The van der Waals surface area contributed by atoms with Gasteiger partial charge in [0.2, 0.25) is 10.0 Å². The third-order valence-electron chi connectivity index (χ3n) is 1.97. The van der Waals surface area contributed by atoms with Crippen LogP contribution in [0.25, 0.3) is 0 Å². The van der Waals surface area contributed by atoms with E-state index in [0.29, 0.717) is 6.54 Å². The average molecular weight is 317 g/mol. The molecule has 1 rings (SSSR count). The fourth-order valence-electron chi connectivity index (χ4n) is 1.07. The normalized spacial score (nSPS) is 12.1. The number of halogens is 3. The molecule has 0 fully saturated rings. The summed E-state index contributed by atoms with van der Waals surface area (Å²) >= 11 is 17.4. The molecule has 0 aliphatic carbocycles. The first-order valence-corrected chi connectivity index (χ1v) is 7.50. The standard InChI is InChI=1S/C10H12Cl3NO2S/c1-6(2)5-14-17(15,16)8-4-3-7(11)9(12)10(8)13/h3-4,6,14H,5H2,1-2H3. The summed E-state index contributed by atoms with van der Waals surface area (Å²) in [5, 5.41) is 0.204. The third kappa shape index (κ3) is 3.73. The summed E-state index contributed by atoms with van der Waals surface area (Å²) in [5.41, 5.74) is 0. The molecule has 0 aromatic heterocycles. The predicted octanol–water partition coefficient (Wildman–Crippen LogP) is 3.58. The van der Waals surface area contributed by atoms with Crippen LogP contribution in [-0.2, 0) is 10.0 Å². The highest BCUT2D eigenvalue weighted by atomic mass is 35.5. The summed E-state index contributed by atoms with van der Waals surface area (Å²) < 4.78 is 26.3. The Morgan fingerprint density at radius 2 is 1.76 bits per heavy atom. The van der Waals surface area contributed by atoms with Crippen LogP contribution in [-0.4, -0.2) is 15.0 Å². The Labute approximate surface area is 116 Å². The van der Waals surface area contributed by atoms with Crippen molar-refractivity contribution in [2.45, 2.75) is 18.7 Å². The van der Waals surface area contributed by atoms with Crippen LogP contribution in [0.3, 0.4) is 0 Å². The van der Waals surface area contributed by atoms with E-state index in [2.05, 4.69) is 4.72 Å². The lowest BCUT2D eigenvalue weighted by Gasteiger charge is -2.11. The molecule has 3 nitrogen and oxygen atoms in total. The molecule has 0 spiro atoms. The van der Waals surface area contributed by atoms with Crippen LogP contribution >= 0.6 is 34.8 Å². The quantitative estimate of drug-likeness (QED) is 0.863. The monoisotopic (exact) mass is 315 g/mol. The Balaban J connectivity index is 3.12. The van der Waals surface area contributed by atoms with Gasteiger partial charge in [-0.3, -0.25) is 0 Å². The molecule has 0 atom stereocenters. The Bertz CT molecular complexity index is 515. The summed E-state index contributed by atoms with van der Waals surface area (Å²) in [5.74, 6) is 0.200. The summed E-state index contributed by atoms with van der Waals surface area (Å²) in [7, 11) is -3.65. The van der Waals surface area contributed by atoms with Crippen molar-refractivity contribution in [3.8, 4) is 0 Å². The highest BCUT2D eigenvalue weighted by molar-refractivity contribution is 7.89. The Morgan fingerprint density at radius 1 is 1.18 bits per heavy atom. The maximum atomic E-state index is 11.9. The van der Waals surface area contributed by atoms with E-state index in [9.17, 15) is 8.42 Å². The maximum absolute atomic E-state index is 11.9. The number of rotatable bonds is 4. The second-order valence-electron chi connectivity index (χ2n) is 3.92. The van der Waals surface area contributed by atoms with E-state index in [1.54, 1.807) is 0 Å². The molecule has 1 N–H and O–H groups in total. The van der Waals surface area contributed by atoms with Gasteiger partial charge in [0.1, 0.15) is 4.90 Å². The van der Waals surface area contributed by atoms with Gasteiger partial charge in [-0.05, 0) is 18.1 Å². The summed E-state index contributed by atoms with van der Waals surface area (Å²) in [6.07, 6.45) is 0. The van der Waals surface area contributed by atoms with Crippen LogP contribution in [0.2, 0.25) is 15.1 Å². The fourth-order valence-corrected chi connectivity index (χ4v) is 3.26. The van der Waals surface area contributed by atoms with E-state index in [4.69, 9.17) is 34.8 Å². The molecule has 0 bridgehead atoms. The number of nitrogens with one attached hydrogen (secondary N) is 1. The zero-order valence-electron chi connectivity index (χ0n) is 9.30. The first kappa shape index (κ1) is 15.1. The molecule has 0 saturated carbocycles. The van der Waals surface area contributed by atoms with Gasteiger partial charge in [0.25, 0.3) is 0 Å². The molecule has 0 saturated heterocycles. The van der Waals surface area contributed by atoms with Crippen LogP contribution in [0.1, 0.15) is 13.8 Å². The number of sulfonamides is 1. The van der Waals surface area contributed by atoms with Gasteiger partial charge in [-0.15, -0.1) is 0 Å². The van der Waals surface area contributed by atoms with Gasteiger partial charge in [0.05, 0.1) is 15.1 Å². The lowest BCUT2D eigenvalue weighted by atomic mass is 10.2. The van der Waals surface area contributed by atoms with Crippen molar-refractivity contribution in [1.82, 2.24) is 4.72 Å². The van der Waals surface area contributed by atoms with Crippen molar-refractivity contribution in [1.29, 1.82) is 0 Å². The van der Waals surface area contributed by atoms with Gasteiger partial charge in [0, 0.05) is 6.54 Å². The van der Waals surface area contributed by atoms with E-state index >= 15 is 0 Å². The summed E-state index contributed by atoms with van der Waals surface area (Å²) in [4.78, 5) is -0.0609. The molecule has 1 aromatic rings. The smallest absolute Gasteiger partial charge is 0.211 e. The minimum atomic E-state index is -3.65. The lowest BCUT2D eigenvalue weighted by molar-refractivity contribution is 0.560. The first-order chi connectivity index (χ1) is 7.75. The molecule has 17 heavy (non-hydrogen) atoms. The topological polar surface area (TPSA) is 46.2 Å². The summed E-state index contributed by atoms with van der Waals surface area (Å²) in [6.45, 7) is 4.14. The van der Waals surface area contributed by atoms with Gasteiger partial charge < -0.3 is 0 Å². The molecular weight excluding hydrogens is 305 g/mol. The van der Waals surface area contributed by atoms with Gasteiger partial charge in [-0.2, -0.15) is 0 Å². The number of benzene rings is 1. The lowest BCUT2D eigenvalue weighted by Crippen LogP contribution is -2.27. The van der Waals surface area contributed by atoms with Gasteiger partial charge in [0.15, 0.2) is 0 Å². The molecule has 96 valence electrons. The zero-order chi connectivity index (χ0) is 13.2. The Kier molecular flexibility index (Phi) is 5.10. The Hall–Kier alpha value is -0.000000000000000167. The fraction of sp³-hybridized carbons (Fsp3) is 0.400. The molecule has 0 aliphatic heterocycles. The second kappa shape index (κ2) is 5.76. The average Bonchev–Trinajstić information content (AvgIpc) is 2.23. The molecule has 0 heterocycles. The predicted molar refractivity (Wildman–Crippen MR) is 71.5 cm³/mol. The molecular formula is C10H12Cl3NO2S. The van der Waals surface area contributed by atoms with Crippen LogP contribution in [0.5, 0.6) is 0 Å². The van der Waals surface area contributed by atoms with Gasteiger partial charge in [-0.1, -0.05) is 48.7 Å². The molecule has 0 amide bonds. The summed E-state index contributed by atoms with van der Waals surface area (Å²) in [6, 6.07) is 2.74. The van der Waals surface area contributed by atoms with Crippen molar-refractivity contribution in [3.63, 3.8) is 0 Å². The van der Waals surface area contributed by atoms with Gasteiger partial charge in [-0.25, -0.2) is 13.1 Å². The van der Waals surface area contributed by atoms with Crippen molar-refractivity contribution < 1.29 is 8.42 Å². The molecule has 0 radical (unpaired) electrons. The van der Waals surface area contributed by atoms with Crippen LogP contribution in [0, 0.1) is 5.92 Å². The van der Waals surface area contributed by atoms with Crippen molar-refractivity contribution in [3.05, 3.63) is 27.2 Å². The van der Waals surface area contributed by atoms with Crippen LogP contribution in [0.4, 0.5) is 0 Å². The van der Waals surface area contributed by atoms with Crippen molar-refractivity contribution in [2.75, 3.05) is 6.54 Å². The van der Waals surface area contributed by atoms with E-state index in [-0.39, 0.29) is 25.9 Å². The van der Waals surface area contributed by atoms with E-state index < -0.39 is 10.0 Å². The third-order valence-corrected chi connectivity index (χ3v) is 4.84. The SMILES string of the molecule is CC(C)CNS(=O)(=O)c1ccc(Cl)c(Cl)c1Cl. The van der Waals surface area contributed by atoms with Crippen molar-refractivity contribution >= 4 is 44.8 Å². The first-order valence-electron chi connectivity index (χ1n) is 4.89. The molecule has 7 heteroatoms. The minimum absolute atomic E-state index is 0.0424. The number of hydrogen-bond acceptors (Lipinski definition) is 2. The molecule has 0 aliphatic rings. The van der Waals surface area contributed by atoms with Gasteiger partial charge >= 0.3 is 0 Å². The zero-order valence-corrected chi connectivity index (χ0v) is 12.4. The maximum Gasteiger partial charge on any atom is 0.242 e. The highest BCUT2D eigenvalue weighted by Gasteiger charge is 2.20. The highest BCUT2D eigenvalue weighted by Crippen LogP contribution is 2.34. The largest absolute Gasteiger partial charge is 0.242 e. The molecule has 0 unspecified atom stereocenters. The second-order valence-corrected chi connectivity index (χ2v) is 6.82. The van der Waals surface area contributed by atoms with Crippen molar-refractivity contribution in [2.24, 2.45) is 5.92 Å².